The quantitative estimate of drug-likeness (QED) is 0.578. The molecule has 1 aliphatic rings. The summed E-state index contributed by atoms with van der Waals surface area (Å²) in [4.78, 5) is 22.5. The Kier molecular flexibility index (Phi) is 2.46. The zero-order valence-corrected chi connectivity index (χ0v) is 7.94. The molecule has 74 valence electrons. The van der Waals surface area contributed by atoms with Crippen LogP contribution in [0.15, 0.2) is 54.3 Å². The largest absolute Gasteiger partial charge is 0.322 e. The van der Waals surface area contributed by atoms with Gasteiger partial charge >= 0.3 is 0 Å². The number of ketones is 1. The van der Waals surface area contributed by atoms with E-state index in [1.807, 2.05) is 6.07 Å². The van der Waals surface area contributed by atoms with Crippen molar-refractivity contribution in [3.05, 3.63) is 59.8 Å². The predicted molar refractivity (Wildman–Crippen MR) is 56.1 cm³/mol. The molecule has 1 aromatic rings. The van der Waals surface area contributed by atoms with Crippen LogP contribution in [0.2, 0.25) is 0 Å². The van der Waals surface area contributed by atoms with Crippen LogP contribution in [0.25, 0.3) is 0 Å². The van der Waals surface area contributed by atoms with Crippen LogP contribution in [0.1, 0.15) is 10.4 Å². The first-order chi connectivity index (χ1) is 7.25. The molecule has 0 atom stereocenters. The number of benzene rings is 1. The first kappa shape index (κ1) is 9.40. The topological polar surface area (TPSA) is 46.2 Å². The fraction of sp³-hybridized carbons (Fsp3) is 0. The van der Waals surface area contributed by atoms with Gasteiger partial charge in [0.25, 0.3) is 0 Å². The van der Waals surface area contributed by atoms with Gasteiger partial charge in [-0.3, -0.25) is 9.59 Å². The molecule has 1 heterocycles. The number of nitrogens with one attached hydrogen (secondary N) is 1. The Morgan fingerprint density at radius 3 is 2.47 bits per heavy atom. The molecule has 2 rings (SSSR count). The van der Waals surface area contributed by atoms with Gasteiger partial charge in [-0.2, -0.15) is 0 Å². The van der Waals surface area contributed by atoms with Gasteiger partial charge < -0.3 is 5.32 Å². The predicted octanol–water partition coefficient (Wildman–Crippen LogP) is 1.44. The van der Waals surface area contributed by atoms with Gasteiger partial charge in [0.05, 0.1) is 0 Å². The van der Waals surface area contributed by atoms with E-state index in [0.717, 1.165) is 0 Å². The van der Waals surface area contributed by atoms with Gasteiger partial charge in [-0.1, -0.05) is 30.3 Å². The Morgan fingerprint density at radius 1 is 1.13 bits per heavy atom. The Balaban J connectivity index is 2.18. The maximum Gasteiger partial charge on any atom is 0.248 e. The van der Waals surface area contributed by atoms with Gasteiger partial charge in [0, 0.05) is 23.4 Å². The second-order valence-electron chi connectivity index (χ2n) is 3.15. The third-order valence-corrected chi connectivity index (χ3v) is 2.03. The number of amides is 1. The van der Waals surface area contributed by atoms with Gasteiger partial charge in [-0.25, -0.2) is 0 Å². The summed E-state index contributed by atoms with van der Waals surface area (Å²) in [6.07, 6.45) is 4.39. The van der Waals surface area contributed by atoms with Crippen LogP contribution in [0.5, 0.6) is 0 Å². The van der Waals surface area contributed by atoms with E-state index < -0.39 is 0 Å². The Morgan fingerprint density at radius 2 is 1.87 bits per heavy atom. The van der Waals surface area contributed by atoms with Crippen molar-refractivity contribution in [3.63, 3.8) is 0 Å². The van der Waals surface area contributed by atoms with Crippen molar-refractivity contribution in [1.29, 1.82) is 0 Å². The molecule has 0 radical (unpaired) electrons. The summed E-state index contributed by atoms with van der Waals surface area (Å²) in [5.41, 5.74) is 1.15. The third kappa shape index (κ3) is 2.20. The maximum absolute atomic E-state index is 11.6. The lowest BCUT2D eigenvalue weighted by Gasteiger charge is -1.97. The summed E-state index contributed by atoms with van der Waals surface area (Å²) in [5, 5.41) is 2.54. The Labute approximate surface area is 87.1 Å². The second kappa shape index (κ2) is 3.92. The highest BCUT2D eigenvalue weighted by Crippen LogP contribution is 2.05. The first-order valence-corrected chi connectivity index (χ1v) is 4.56. The third-order valence-electron chi connectivity index (χ3n) is 2.03. The molecule has 3 heteroatoms. The van der Waals surface area contributed by atoms with Crippen LogP contribution in [0.3, 0.4) is 0 Å². The van der Waals surface area contributed by atoms with E-state index in [-0.39, 0.29) is 11.7 Å². The normalized spacial score (nSPS) is 16.8. The lowest BCUT2D eigenvalue weighted by atomic mass is 10.1. The molecular formula is C12H9NO2. The lowest BCUT2D eigenvalue weighted by molar-refractivity contribution is -0.115. The average molecular weight is 199 g/mol. The van der Waals surface area contributed by atoms with E-state index >= 15 is 0 Å². The molecule has 1 aliphatic heterocycles. The standard InChI is InChI=1S/C12H9NO2/c14-11(9-4-2-1-3-5-9)8-10-6-7-12(15)13-10/h1-8H,(H,13,15)/b10-8-. The monoisotopic (exact) mass is 199 g/mol. The highest BCUT2D eigenvalue weighted by atomic mass is 16.1. The summed E-state index contributed by atoms with van der Waals surface area (Å²) < 4.78 is 0. The van der Waals surface area contributed by atoms with E-state index in [9.17, 15) is 9.59 Å². The molecule has 0 aliphatic carbocycles. The summed E-state index contributed by atoms with van der Waals surface area (Å²) in [6, 6.07) is 8.92. The van der Waals surface area contributed by atoms with E-state index in [0.29, 0.717) is 11.3 Å². The van der Waals surface area contributed by atoms with Crippen LogP contribution >= 0.6 is 0 Å². The zero-order chi connectivity index (χ0) is 10.7. The number of hydrogen-bond donors (Lipinski definition) is 1. The smallest absolute Gasteiger partial charge is 0.248 e. The molecule has 0 saturated heterocycles. The van der Waals surface area contributed by atoms with Crippen LogP contribution < -0.4 is 5.32 Å². The molecule has 3 nitrogen and oxygen atoms in total. The highest BCUT2D eigenvalue weighted by molar-refractivity contribution is 6.06. The number of allylic oxidation sites excluding steroid dienone is 2. The van der Waals surface area contributed by atoms with Crippen LogP contribution in [-0.4, -0.2) is 11.7 Å². The molecule has 0 saturated carbocycles. The molecular weight excluding hydrogens is 190 g/mol. The van der Waals surface area contributed by atoms with E-state index in [2.05, 4.69) is 5.32 Å². The SMILES string of the molecule is O=C1C=C/C(=C/C(=O)c2ccccc2)N1. The maximum atomic E-state index is 11.6. The zero-order valence-electron chi connectivity index (χ0n) is 7.94. The molecule has 1 N–H and O–H groups in total. The molecule has 0 spiro atoms. The van der Waals surface area contributed by atoms with Crippen LogP contribution in [-0.2, 0) is 4.79 Å². The van der Waals surface area contributed by atoms with E-state index in [1.54, 1.807) is 30.3 Å². The summed E-state index contributed by atoms with van der Waals surface area (Å²) >= 11 is 0. The van der Waals surface area contributed by atoms with Crippen LogP contribution in [0, 0.1) is 0 Å². The fourth-order valence-electron chi connectivity index (χ4n) is 1.30. The average Bonchev–Trinajstić information content (AvgIpc) is 2.65. The first-order valence-electron chi connectivity index (χ1n) is 4.56. The second-order valence-corrected chi connectivity index (χ2v) is 3.15. The van der Waals surface area contributed by atoms with Crippen LogP contribution in [0.4, 0.5) is 0 Å². The minimum absolute atomic E-state index is 0.113. The number of hydrogen-bond acceptors (Lipinski definition) is 2. The van der Waals surface area contributed by atoms with Crippen molar-refractivity contribution in [2.75, 3.05) is 0 Å². The van der Waals surface area contributed by atoms with Gasteiger partial charge in [0.2, 0.25) is 5.91 Å². The number of carbonyl (C=O) groups is 2. The number of rotatable bonds is 2. The summed E-state index contributed by atoms with van der Waals surface area (Å²) in [7, 11) is 0. The molecule has 1 aromatic carbocycles. The van der Waals surface area contributed by atoms with Crippen molar-refractivity contribution in [2.45, 2.75) is 0 Å². The van der Waals surface area contributed by atoms with E-state index in [4.69, 9.17) is 0 Å². The molecule has 15 heavy (non-hydrogen) atoms. The molecule has 0 bridgehead atoms. The Hall–Kier alpha value is -2.16. The van der Waals surface area contributed by atoms with Crippen molar-refractivity contribution < 1.29 is 9.59 Å². The lowest BCUT2D eigenvalue weighted by Crippen LogP contribution is -2.14. The molecule has 0 aromatic heterocycles. The Bertz CT molecular complexity index is 458. The van der Waals surface area contributed by atoms with Crippen molar-refractivity contribution in [3.8, 4) is 0 Å². The van der Waals surface area contributed by atoms with Gasteiger partial charge in [-0.15, -0.1) is 0 Å². The van der Waals surface area contributed by atoms with Gasteiger partial charge in [0.15, 0.2) is 5.78 Å². The van der Waals surface area contributed by atoms with Crippen molar-refractivity contribution in [2.24, 2.45) is 0 Å². The fourth-order valence-corrected chi connectivity index (χ4v) is 1.30. The molecule has 1 amide bonds. The van der Waals surface area contributed by atoms with Gasteiger partial charge in [0.1, 0.15) is 0 Å². The van der Waals surface area contributed by atoms with Crippen molar-refractivity contribution in [1.82, 2.24) is 5.32 Å². The van der Waals surface area contributed by atoms with E-state index in [1.165, 1.54) is 12.2 Å². The minimum Gasteiger partial charge on any atom is -0.322 e. The summed E-state index contributed by atoms with van der Waals surface area (Å²) in [6.45, 7) is 0. The minimum atomic E-state index is -0.192. The molecule has 0 fully saturated rings. The van der Waals surface area contributed by atoms with Crippen molar-refractivity contribution >= 4 is 11.7 Å². The van der Waals surface area contributed by atoms with Gasteiger partial charge in [-0.05, 0) is 6.08 Å². The highest BCUT2D eigenvalue weighted by Gasteiger charge is 2.09. The summed E-state index contributed by atoms with van der Waals surface area (Å²) in [5.74, 6) is -0.306. The molecule has 0 unspecified atom stereocenters. The number of carbonyl (C=O) groups excluding carboxylic acids is 2.